The van der Waals surface area contributed by atoms with E-state index in [1.165, 1.54) is 0 Å². The van der Waals surface area contributed by atoms with E-state index in [2.05, 4.69) is 0 Å². The molecule has 0 heterocycles. The van der Waals surface area contributed by atoms with E-state index in [1.54, 1.807) is 24.3 Å². The number of Topliss-reactive ketones (excluding diaryl/α,β-unsaturated/α-hetero) is 4. The summed E-state index contributed by atoms with van der Waals surface area (Å²) in [7, 11) is 0. The van der Waals surface area contributed by atoms with E-state index in [1.807, 2.05) is 24.3 Å². The van der Waals surface area contributed by atoms with Gasteiger partial charge in [0, 0.05) is 47.9 Å². The highest BCUT2D eigenvalue weighted by Crippen LogP contribution is 2.17. The molecule has 2 aromatic rings. The molecule has 0 radical (unpaired) electrons. The van der Waals surface area contributed by atoms with E-state index in [4.69, 9.17) is 11.5 Å². The molecule has 242 valence electrons. The van der Waals surface area contributed by atoms with Gasteiger partial charge in [-0.3, -0.25) is 19.2 Å². The van der Waals surface area contributed by atoms with Crippen LogP contribution in [0.15, 0.2) is 48.5 Å². The second kappa shape index (κ2) is 23.4. The molecule has 0 amide bonds. The van der Waals surface area contributed by atoms with E-state index >= 15 is 0 Å². The number of carbonyl (C=O) groups is 4. The van der Waals surface area contributed by atoms with Crippen LogP contribution in [-0.4, -0.2) is 36.2 Å². The fourth-order valence-electron chi connectivity index (χ4n) is 5.51. The molecular weight excluding hydrogens is 548 g/mol. The van der Waals surface area contributed by atoms with Crippen molar-refractivity contribution in [2.24, 2.45) is 11.5 Å². The maximum atomic E-state index is 12.7. The normalized spacial score (nSPS) is 11.0. The van der Waals surface area contributed by atoms with Gasteiger partial charge in [0.25, 0.3) is 0 Å². The van der Waals surface area contributed by atoms with Crippen molar-refractivity contribution in [3.63, 3.8) is 0 Å². The maximum Gasteiger partial charge on any atom is 0.162 e. The summed E-state index contributed by atoms with van der Waals surface area (Å²) in [6.07, 6.45) is 18.0. The van der Waals surface area contributed by atoms with Gasteiger partial charge in [0.2, 0.25) is 0 Å². The van der Waals surface area contributed by atoms with Crippen LogP contribution in [0.25, 0.3) is 0 Å². The summed E-state index contributed by atoms with van der Waals surface area (Å²) in [5.74, 6) is 0.405. The van der Waals surface area contributed by atoms with E-state index < -0.39 is 0 Å². The monoisotopic (exact) mass is 604 g/mol. The van der Waals surface area contributed by atoms with Gasteiger partial charge in [-0.2, -0.15) is 0 Å². The zero-order chi connectivity index (χ0) is 31.8. The zero-order valence-electron chi connectivity index (χ0n) is 27.0. The summed E-state index contributed by atoms with van der Waals surface area (Å²) in [6, 6.07) is 14.4. The van der Waals surface area contributed by atoms with Gasteiger partial charge in [-0.15, -0.1) is 0 Å². The predicted molar refractivity (Wildman–Crippen MR) is 181 cm³/mol. The van der Waals surface area contributed by atoms with Crippen molar-refractivity contribution in [2.75, 3.05) is 13.1 Å². The highest BCUT2D eigenvalue weighted by molar-refractivity contribution is 6.02. The second-order valence-electron chi connectivity index (χ2n) is 12.1. The summed E-state index contributed by atoms with van der Waals surface area (Å²) >= 11 is 0. The molecule has 0 spiro atoms. The molecule has 0 saturated heterocycles. The minimum Gasteiger partial charge on any atom is -0.330 e. The van der Waals surface area contributed by atoms with Crippen molar-refractivity contribution >= 4 is 23.1 Å². The highest BCUT2D eigenvalue weighted by atomic mass is 16.1. The molecule has 0 atom stereocenters. The Morgan fingerprint density at radius 3 is 0.841 bits per heavy atom. The highest BCUT2D eigenvalue weighted by Gasteiger charge is 2.12. The van der Waals surface area contributed by atoms with Crippen LogP contribution in [0, 0.1) is 0 Å². The summed E-state index contributed by atoms with van der Waals surface area (Å²) in [6.45, 7) is 1.45. The molecule has 0 aliphatic carbocycles. The lowest BCUT2D eigenvalue weighted by Crippen LogP contribution is -2.04. The molecule has 0 unspecified atom stereocenters. The lowest BCUT2D eigenvalue weighted by Gasteiger charge is -2.06. The van der Waals surface area contributed by atoms with Crippen molar-refractivity contribution in [3.05, 3.63) is 70.8 Å². The number of benzene rings is 2. The number of ketones is 4. The first-order valence-corrected chi connectivity index (χ1v) is 17.2. The van der Waals surface area contributed by atoms with Gasteiger partial charge in [-0.25, -0.2) is 0 Å². The summed E-state index contributed by atoms with van der Waals surface area (Å²) in [5, 5.41) is 0. The Hall–Kier alpha value is -2.96. The fourth-order valence-corrected chi connectivity index (χ4v) is 5.51. The van der Waals surface area contributed by atoms with Crippen molar-refractivity contribution in [3.8, 4) is 0 Å². The van der Waals surface area contributed by atoms with Crippen LogP contribution in [0.4, 0.5) is 0 Å². The Morgan fingerprint density at radius 1 is 0.364 bits per heavy atom. The van der Waals surface area contributed by atoms with Crippen molar-refractivity contribution in [2.45, 2.75) is 128 Å². The van der Waals surface area contributed by atoms with Gasteiger partial charge >= 0.3 is 0 Å². The third-order valence-electron chi connectivity index (χ3n) is 8.29. The number of unbranched alkanes of at least 4 members (excludes halogenated alkanes) is 13. The van der Waals surface area contributed by atoms with E-state index in [0.29, 0.717) is 47.9 Å². The average molecular weight is 605 g/mol. The number of hydrogen-bond donors (Lipinski definition) is 2. The van der Waals surface area contributed by atoms with Crippen LogP contribution >= 0.6 is 0 Å². The molecule has 4 N–H and O–H groups in total. The SMILES string of the molecule is NCCCCCCCC(=O)c1cccc(C(=O)CCCCCCCCC(=O)c2cccc(C(=O)CCCCCCCN)c2)c1. The molecule has 44 heavy (non-hydrogen) atoms. The first-order chi connectivity index (χ1) is 21.5. The second-order valence-corrected chi connectivity index (χ2v) is 12.1. The van der Waals surface area contributed by atoms with Gasteiger partial charge in [0.1, 0.15) is 0 Å². The molecule has 0 fully saturated rings. The van der Waals surface area contributed by atoms with Crippen LogP contribution in [0.5, 0.6) is 0 Å². The molecule has 0 aliphatic heterocycles. The first-order valence-electron chi connectivity index (χ1n) is 17.2. The number of hydrogen-bond acceptors (Lipinski definition) is 6. The lowest BCUT2D eigenvalue weighted by molar-refractivity contribution is 0.0963. The molecule has 6 nitrogen and oxygen atoms in total. The molecule has 6 heteroatoms. The van der Waals surface area contributed by atoms with E-state index in [0.717, 1.165) is 116 Å². The van der Waals surface area contributed by atoms with Gasteiger partial charge in [0.05, 0.1) is 0 Å². The molecule has 2 aromatic carbocycles. The Labute approximate surface area is 265 Å². The number of rotatable bonds is 27. The van der Waals surface area contributed by atoms with Crippen molar-refractivity contribution in [1.82, 2.24) is 0 Å². The van der Waals surface area contributed by atoms with Crippen LogP contribution in [0.2, 0.25) is 0 Å². The van der Waals surface area contributed by atoms with Crippen molar-refractivity contribution < 1.29 is 19.2 Å². The summed E-state index contributed by atoms with van der Waals surface area (Å²) in [4.78, 5) is 50.5. The average Bonchev–Trinajstić information content (AvgIpc) is 3.05. The van der Waals surface area contributed by atoms with Crippen molar-refractivity contribution in [1.29, 1.82) is 0 Å². The van der Waals surface area contributed by atoms with Crippen LogP contribution < -0.4 is 11.5 Å². The van der Waals surface area contributed by atoms with E-state index in [9.17, 15) is 19.2 Å². The molecule has 0 aromatic heterocycles. The Morgan fingerprint density at radius 2 is 0.591 bits per heavy atom. The molecule has 2 rings (SSSR count). The van der Waals surface area contributed by atoms with Gasteiger partial charge < -0.3 is 11.5 Å². The minimum absolute atomic E-state index is 0.0928. The summed E-state index contributed by atoms with van der Waals surface area (Å²) in [5.41, 5.74) is 13.6. The predicted octanol–water partition coefficient (Wildman–Crippen LogP) is 8.84. The summed E-state index contributed by atoms with van der Waals surface area (Å²) < 4.78 is 0. The third kappa shape index (κ3) is 15.7. The van der Waals surface area contributed by atoms with Gasteiger partial charge in [0.15, 0.2) is 23.1 Å². The molecule has 0 bridgehead atoms. The van der Waals surface area contributed by atoms with Gasteiger partial charge in [-0.1, -0.05) is 101 Å². The fraction of sp³-hybridized carbons (Fsp3) is 0.579. The smallest absolute Gasteiger partial charge is 0.162 e. The minimum atomic E-state index is 0.0928. The largest absolute Gasteiger partial charge is 0.330 e. The quantitative estimate of drug-likeness (QED) is 0.0776. The standard InChI is InChI=1S/C38H56N2O4/c39-27-15-9-3-7-13-25-37(43)33-21-17-19-31(29-33)35(41)23-11-5-1-2-6-12-24-36(42)32-20-18-22-34(30-32)38(44)26-14-8-4-10-16-28-40/h17-22,29-30H,1-16,23-28,39-40H2. The molecule has 0 saturated carbocycles. The van der Waals surface area contributed by atoms with Crippen LogP contribution in [-0.2, 0) is 0 Å². The van der Waals surface area contributed by atoms with Gasteiger partial charge in [-0.05, 0) is 63.7 Å². The molecule has 0 aliphatic rings. The topological polar surface area (TPSA) is 120 Å². The Balaban J connectivity index is 1.59. The Bertz CT molecular complexity index is 1050. The third-order valence-corrected chi connectivity index (χ3v) is 8.29. The van der Waals surface area contributed by atoms with Crippen LogP contribution in [0.1, 0.15) is 170 Å². The number of nitrogens with two attached hydrogens (primary N) is 2. The van der Waals surface area contributed by atoms with E-state index in [-0.39, 0.29) is 23.1 Å². The zero-order valence-corrected chi connectivity index (χ0v) is 27.0. The molecular formula is C38H56N2O4. The lowest BCUT2D eigenvalue weighted by atomic mass is 9.97. The number of carbonyl (C=O) groups excluding carboxylic acids is 4. The van der Waals surface area contributed by atoms with Crippen LogP contribution in [0.3, 0.4) is 0 Å². The Kier molecular flexibility index (Phi) is 19.8. The first kappa shape index (κ1) is 37.2. The maximum absolute atomic E-state index is 12.7.